The van der Waals surface area contributed by atoms with Gasteiger partial charge in [0.2, 0.25) is 0 Å². The Morgan fingerprint density at radius 2 is 1.67 bits per heavy atom. The Morgan fingerprint density at radius 1 is 1.00 bits per heavy atom. The van der Waals surface area contributed by atoms with Crippen LogP contribution in [0.25, 0.3) is 0 Å². The van der Waals surface area contributed by atoms with E-state index in [1.807, 2.05) is 18.2 Å². The fraction of sp³-hybridized carbons (Fsp3) is 0.294. The van der Waals surface area contributed by atoms with Gasteiger partial charge in [-0.05, 0) is 34.4 Å². The molecule has 112 valence electrons. The lowest BCUT2D eigenvalue weighted by Crippen LogP contribution is -2.06. The molecular weight excluding hydrogens is 271 g/mol. The highest BCUT2D eigenvalue weighted by atomic mass is 19.1. The van der Waals surface area contributed by atoms with Crippen molar-refractivity contribution in [1.29, 1.82) is 0 Å². The third kappa shape index (κ3) is 3.88. The summed E-state index contributed by atoms with van der Waals surface area (Å²) in [6.07, 6.45) is -0.813. The highest BCUT2D eigenvalue weighted by Gasteiger charge is 2.15. The summed E-state index contributed by atoms with van der Waals surface area (Å²) < 4.78 is 23.3. The first-order chi connectivity index (χ1) is 10.2. The Labute approximate surface area is 124 Å². The monoisotopic (exact) mass is 290 g/mol. The maximum atomic E-state index is 13.0. The van der Waals surface area contributed by atoms with Crippen molar-refractivity contribution in [3.63, 3.8) is 0 Å². The minimum absolute atomic E-state index is 0.321. The fourth-order valence-corrected chi connectivity index (χ4v) is 2.29. The van der Waals surface area contributed by atoms with Crippen LogP contribution in [0, 0.1) is 5.82 Å². The predicted molar refractivity (Wildman–Crippen MR) is 78.3 cm³/mol. The quantitative estimate of drug-likeness (QED) is 0.888. The highest BCUT2D eigenvalue weighted by Crippen LogP contribution is 2.27. The van der Waals surface area contributed by atoms with Gasteiger partial charge in [-0.3, -0.25) is 0 Å². The summed E-state index contributed by atoms with van der Waals surface area (Å²) in [4.78, 5) is 0. The number of ether oxygens (including phenoxy) is 2. The van der Waals surface area contributed by atoms with Crippen molar-refractivity contribution in [3.8, 4) is 0 Å². The van der Waals surface area contributed by atoms with Gasteiger partial charge in [-0.2, -0.15) is 0 Å². The molecule has 0 aliphatic rings. The summed E-state index contributed by atoms with van der Waals surface area (Å²) in [7, 11) is 3.24. The van der Waals surface area contributed by atoms with Crippen LogP contribution >= 0.6 is 0 Å². The molecule has 0 radical (unpaired) electrons. The average Bonchev–Trinajstić information content (AvgIpc) is 2.48. The molecule has 0 spiro atoms. The van der Waals surface area contributed by atoms with E-state index in [1.54, 1.807) is 26.4 Å². The molecule has 0 aromatic heterocycles. The molecule has 0 aliphatic carbocycles. The molecule has 3 nitrogen and oxygen atoms in total. The molecule has 0 saturated heterocycles. The molecule has 0 fully saturated rings. The van der Waals surface area contributed by atoms with Gasteiger partial charge in [-0.1, -0.05) is 30.3 Å². The third-order valence-electron chi connectivity index (χ3n) is 3.30. The second-order valence-electron chi connectivity index (χ2n) is 4.85. The molecule has 1 atom stereocenters. The van der Waals surface area contributed by atoms with Gasteiger partial charge in [0.05, 0.1) is 13.2 Å². The topological polar surface area (TPSA) is 38.7 Å². The number of aliphatic hydroxyl groups is 1. The maximum absolute atomic E-state index is 13.0. The van der Waals surface area contributed by atoms with Gasteiger partial charge in [0.25, 0.3) is 0 Å². The Hall–Kier alpha value is -1.75. The number of hydrogen-bond donors (Lipinski definition) is 1. The first-order valence-electron chi connectivity index (χ1n) is 6.68. The minimum Gasteiger partial charge on any atom is -0.384 e. The molecular formula is C17H19FO3. The van der Waals surface area contributed by atoms with Crippen LogP contribution in [0.15, 0.2) is 42.5 Å². The molecule has 0 aliphatic heterocycles. The van der Waals surface area contributed by atoms with Gasteiger partial charge in [0, 0.05) is 14.2 Å². The lowest BCUT2D eigenvalue weighted by Gasteiger charge is -2.17. The zero-order valence-electron chi connectivity index (χ0n) is 12.2. The molecule has 1 N–H and O–H groups in total. The van der Waals surface area contributed by atoms with Gasteiger partial charge in [0.15, 0.2) is 0 Å². The molecule has 1 unspecified atom stereocenters. The summed E-state index contributed by atoms with van der Waals surface area (Å²) in [6.45, 7) is 0.898. The lowest BCUT2D eigenvalue weighted by atomic mass is 9.95. The van der Waals surface area contributed by atoms with Crippen molar-refractivity contribution < 1.29 is 19.0 Å². The van der Waals surface area contributed by atoms with Crippen LogP contribution in [0.5, 0.6) is 0 Å². The number of hydrogen-bond acceptors (Lipinski definition) is 3. The first-order valence-corrected chi connectivity index (χ1v) is 6.68. The van der Waals surface area contributed by atoms with Gasteiger partial charge >= 0.3 is 0 Å². The van der Waals surface area contributed by atoms with Crippen molar-refractivity contribution in [2.24, 2.45) is 0 Å². The van der Waals surface area contributed by atoms with Crippen molar-refractivity contribution in [3.05, 3.63) is 70.5 Å². The molecule has 0 heterocycles. The van der Waals surface area contributed by atoms with Crippen LogP contribution in [0.3, 0.4) is 0 Å². The first kappa shape index (κ1) is 15.6. The molecule has 2 rings (SSSR count). The molecule has 0 amide bonds. The molecule has 0 bridgehead atoms. The zero-order valence-corrected chi connectivity index (χ0v) is 12.2. The van der Waals surface area contributed by atoms with Crippen molar-refractivity contribution in [1.82, 2.24) is 0 Å². The van der Waals surface area contributed by atoms with Crippen molar-refractivity contribution in [2.45, 2.75) is 19.3 Å². The van der Waals surface area contributed by atoms with E-state index in [4.69, 9.17) is 9.47 Å². The number of methoxy groups -OCH3 is 2. The Morgan fingerprint density at radius 3 is 2.29 bits per heavy atom. The third-order valence-corrected chi connectivity index (χ3v) is 3.30. The number of rotatable bonds is 6. The molecule has 0 saturated carbocycles. The Balaban J connectivity index is 2.34. The van der Waals surface area contributed by atoms with Crippen LogP contribution in [0.1, 0.15) is 28.4 Å². The van der Waals surface area contributed by atoms with Gasteiger partial charge in [-0.15, -0.1) is 0 Å². The van der Waals surface area contributed by atoms with Crippen LogP contribution in [0.4, 0.5) is 4.39 Å². The summed E-state index contributed by atoms with van der Waals surface area (Å²) in [6, 6.07) is 11.6. The van der Waals surface area contributed by atoms with Crippen molar-refractivity contribution >= 4 is 0 Å². The van der Waals surface area contributed by atoms with Crippen molar-refractivity contribution in [2.75, 3.05) is 14.2 Å². The van der Waals surface area contributed by atoms with E-state index < -0.39 is 6.10 Å². The van der Waals surface area contributed by atoms with Crippen LogP contribution in [-0.2, 0) is 22.7 Å². The molecule has 2 aromatic rings. The summed E-state index contributed by atoms with van der Waals surface area (Å²) in [5, 5.41) is 10.5. The van der Waals surface area contributed by atoms with Crippen LogP contribution in [0.2, 0.25) is 0 Å². The number of aliphatic hydroxyl groups excluding tert-OH is 1. The second kappa shape index (κ2) is 7.31. The average molecular weight is 290 g/mol. The standard InChI is InChI=1S/C17H19FO3/c1-20-10-12-3-8-16(14(9-12)11-21-2)17(19)13-4-6-15(18)7-5-13/h3-9,17,19H,10-11H2,1-2H3. The van der Waals surface area contributed by atoms with Gasteiger partial charge in [-0.25, -0.2) is 4.39 Å². The van der Waals surface area contributed by atoms with Crippen LogP contribution < -0.4 is 0 Å². The minimum atomic E-state index is -0.813. The molecule has 4 heteroatoms. The smallest absolute Gasteiger partial charge is 0.123 e. The van der Waals surface area contributed by atoms with Gasteiger partial charge < -0.3 is 14.6 Å². The maximum Gasteiger partial charge on any atom is 0.123 e. The van der Waals surface area contributed by atoms with E-state index in [1.165, 1.54) is 12.1 Å². The Bertz CT molecular complexity index is 581. The lowest BCUT2D eigenvalue weighted by molar-refractivity contribution is 0.173. The Kier molecular flexibility index (Phi) is 5.44. The van der Waals surface area contributed by atoms with E-state index in [0.717, 1.165) is 16.7 Å². The summed E-state index contributed by atoms with van der Waals surface area (Å²) >= 11 is 0. The highest BCUT2D eigenvalue weighted by molar-refractivity contribution is 5.38. The van der Waals surface area contributed by atoms with Gasteiger partial charge in [0.1, 0.15) is 11.9 Å². The van der Waals surface area contributed by atoms with Crippen LogP contribution in [-0.4, -0.2) is 19.3 Å². The van der Waals surface area contributed by atoms with E-state index >= 15 is 0 Å². The van der Waals surface area contributed by atoms with E-state index in [-0.39, 0.29) is 5.82 Å². The molecule has 21 heavy (non-hydrogen) atoms. The van der Waals surface area contributed by atoms with E-state index in [2.05, 4.69) is 0 Å². The number of halogens is 1. The number of benzene rings is 2. The SMILES string of the molecule is COCc1ccc(C(O)c2ccc(F)cc2)c(COC)c1. The molecule has 2 aromatic carbocycles. The van der Waals surface area contributed by atoms with E-state index in [0.29, 0.717) is 18.8 Å². The normalized spacial score (nSPS) is 12.4. The van der Waals surface area contributed by atoms with E-state index in [9.17, 15) is 9.50 Å². The second-order valence-corrected chi connectivity index (χ2v) is 4.85. The predicted octanol–water partition coefficient (Wildman–Crippen LogP) is 3.20. The largest absolute Gasteiger partial charge is 0.384 e. The summed E-state index contributed by atoms with van der Waals surface area (Å²) in [5.74, 6) is -0.321. The zero-order chi connectivity index (χ0) is 15.2. The summed E-state index contributed by atoms with van der Waals surface area (Å²) in [5.41, 5.74) is 3.31. The fourth-order valence-electron chi connectivity index (χ4n) is 2.29.